The highest BCUT2D eigenvalue weighted by Crippen LogP contribution is 2.26. The van der Waals surface area contributed by atoms with E-state index in [0.717, 1.165) is 41.5 Å². The number of nitrogens with zero attached hydrogens (tertiary/aromatic N) is 1. The van der Waals surface area contributed by atoms with Crippen LogP contribution in [0.1, 0.15) is 25.3 Å². The van der Waals surface area contributed by atoms with Crippen LogP contribution in [0.2, 0.25) is 0 Å². The Balaban J connectivity index is 2.90. The summed E-state index contributed by atoms with van der Waals surface area (Å²) in [6, 6.07) is 6.03. The van der Waals surface area contributed by atoms with Crippen LogP contribution in [0.4, 0.5) is 5.69 Å². The molecule has 0 aliphatic heterocycles. The lowest BCUT2D eigenvalue weighted by atomic mass is 10.2. The number of unbranched alkanes of at least 4 members (excludes halogenated alkanes) is 1. The van der Waals surface area contributed by atoms with Crippen LogP contribution in [0, 0.1) is 6.92 Å². The third kappa shape index (κ3) is 3.34. The van der Waals surface area contributed by atoms with Crippen LogP contribution in [0.5, 0.6) is 0 Å². The maximum Gasteiger partial charge on any atom is 0.214 e. The third-order valence-corrected chi connectivity index (χ3v) is 2.96. The first-order valence-electron chi connectivity index (χ1n) is 5.17. The molecule has 0 atom stereocenters. The summed E-state index contributed by atoms with van der Waals surface area (Å²) in [4.78, 5) is 12.7. The molecule has 1 aromatic carbocycles. The number of carbonyl (C=O) groups excluding carboxylic acids is 1. The van der Waals surface area contributed by atoms with Crippen LogP contribution in [0.3, 0.4) is 0 Å². The largest absolute Gasteiger partial charge is 0.314 e. The standard InChI is InChI=1S/C12H16BrNO/c1-3-4-7-14(9-15)12-8-10(2)5-6-11(12)13/h5-6,8-9H,3-4,7H2,1-2H3. The lowest BCUT2D eigenvalue weighted by Crippen LogP contribution is -2.22. The molecule has 0 radical (unpaired) electrons. The summed E-state index contributed by atoms with van der Waals surface area (Å²) in [6.45, 7) is 4.93. The topological polar surface area (TPSA) is 20.3 Å². The highest BCUT2D eigenvalue weighted by molar-refractivity contribution is 9.10. The summed E-state index contributed by atoms with van der Waals surface area (Å²) in [5, 5.41) is 0. The number of aryl methyl sites for hydroxylation is 1. The number of benzene rings is 1. The molecule has 0 fully saturated rings. The van der Waals surface area contributed by atoms with Crippen LogP contribution < -0.4 is 4.90 Å². The Labute approximate surface area is 99.4 Å². The molecule has 15 heavy (non-hydrogen) atoms. The Morgan fingerprint density at radius 2 is 2.20 bits per heavy atom. The molecular formula is C12H16BrNO. The molecular weight excluding hydrogens is 254 g/mol. The number of halogens is 1. The first-order chi connectivity index (χ1) is 7.19. The molecule has 0 aliphatic rings. The maximum atomic E-state index is 11.0. The molecule has 1 rings (SSSR count). The van der Waals surface area contributed by atoms with Crippen LogP contribution in [0.25, 0.3) is 0 Å². The summed E-state index contributed by atoms with van der Waals surface area (Å²) in [7, 11) is 0. The second-order valence-corrected chi connectivity index (χ2v) is 4.46. The minimum Gasteiger partial charge on any atom is -0.314 e. The summed E-state index contributed by atoms with van der Waals surface area (Å²) < 4.78 is 0.969. The zero-order valence-corrected chi connectivity index (χ0v) is 10.8. The van der Waals surface area contributed by atoms with E-state index < -0.39 is 0 Å². The average Bonchev–Trinajstić information content (AvgIpc) is 2.24. The zero-order chi connectivity index (χ0) is 11.3. The Morgan fingerprint density at radius 3 is 2.80 bits per heavy atom. The van der Waals surface area contributed by atoms with Crippen molar-refractivity contribution in [1.29, 1.82) is 0 Å². The fourth-order valence-corrected chi connectivity index (χ4v) is 1.88. The van der Waals surface area contributed by atoms with Gasteiger partial charge in [0.1, 0.15) is 0 Å². The first-order valence-corrected chi connectivity index (χ1v) is 5.96. The molecule has 1 amide bonds. The molecule has 0 saturated heterocycles. The molecule has 0 spiro atoms. The van der Waals surface area contributed by atoms with Crippen molar-refractivity contribution in [3.8, 4) is 0 Å². The summed E-state index contributed by atoms with van der Waals surface area (Å²) in [5.74, 6) is 0. The zero-order valence-electron chi connectivity index (χ0n) is 9.16. The fraction of sp³-hybridized carbons (Fsp3) is 0.417. The molecule has 0 N–H and O–H groups in total. The van der Waals surface area contributed by atoms with Gasteiger partial charge in [-0.3, -0.25) is 4.79 Å². The monoisotopic (exact) mass is 269 g/mol. The molecule has 0 heterocycles. The second kappa shape index (κ2) is 5.91. The summed E-state index contributed by atoms with van der Waals surface area (Å²) in [5.41, 5.74) is 2.12. The summed E-state index contributed by atoms with van der Waals surface area (Å²) >= 11 is 3.46. The van der Waals surface area contributed by atoms with Crippen LogP contribution in [-0.2, 0) is 4.79 Å². The summed E-state index contributed by atoms with van der Waals surface area (Å²) in [6.07, 6.45) is 3.02. The third-order valence-electron chi connectivity index (χ3n) is 2.29. The Kier molecular flexibility index (Phi) is 4.82. The van der Waals surface area contributed by atoms with E-state index in [0.29, 0.717) is 0 Å². The van der Waals surface area contributed by atoms with Crippen molar-refractivity contribution in [3.63, 3.8) is 0 Å². The van der Waals surface area contributed by atoms with Gasteiger partial charge in [0.15, 0.2) is 0 Å². The van der Waals surface area contributed by atoms with Crippen molar-refractivity contribution in [2.75, 3.05) is 11.4 Å². The van der Waals surface area contributed by atoms with Gasteiger partial charge in [-0.15, -0.1) is 0 Å². The second-order valence-electron chi connectivity index (χ2n) is 3.61. The molecule has 3 heteroatoms. The normalized spacial score (nSPS) is 10.1. The highest BCUT2D eigenvalue weighted by atomic mass is 79.9. The Morgan fingerprint density at radius 1 is 1.47 bits per heavy atom. The van der Waals surface area contributed by atoms with Crippen molar-refractivity contribution in [3.05, 3.63) is 28.2 Å². The van der Waals surface area contributed by atoms with Crippen molar-refractivity contribution in [1.82, 2.24) is 0 Å². The van der Waals surface area contributed by atoms with Gasteiger partial charge in [-0.25, -0.2) is 0 Å². The van der Waals surface area contributed by atoms with Crippen LogP contribution >= 0.6 is 15.9 Å². The number of carbonyl (C=O) groups is 1. The smallest absolute Gasteiger partial charge is 0.214 e. The molecule has 2 nitrogen and oxygen atoms in total. The minimum atomic E-state index is 0.780. The average molecular weight is 270 g/mol. The van der Waals surface area contributed by atoms with Crippen molar-refractivity contribution in [2.24, 2.45) is 0 Å². The van der Waals surface area contributed by atoms with Crippen LogP contribution in [0.15, 0.2) is 22.7 Å². The maximum absolute atomic E-state index is 11.0. The molecule has 0 bridgehead atoms. The van der Waals surface area contributed by atoms with E-state index in [-0.39, 0.29) is 0 Å². The number of anilines is 1. The quantitative estimate of drug-likeness (QED) is 0.749. The highest BCUT2D eigenvalue weighted by Gasteiger charge is 2.08. The van der Waals surface area contributed by atoms with Gasteiger partial charge in [-0.1, -0.05) is 19.4 Å². The molecule has 0 aliphatic carbocycles. The van der Waals surface area contributed by atoms with Gasteiger partial charge in [0, 0.05) is 11.0 Å². The van der Waals surface area contributed by atoms with Crippen molar-refractivity contribution < 1.29 is 4.79 Å². The van der Waals surface area contributed by atoms with Gasteiger partial charge < -0.3 is 4.90 Å². The number of hydrogen-bond acceptors (Lipinski definition) is 1. The van der Waals surface area contributed by atoms with E-state index in [2.05, 4.69) is 22.9 Å². The molecule has 0 saturated carbocycles. The lowest BCUT2D eigenvalue weighted by molar-refractivity contribution is -0.107. The van der Waals surface area contributed by atoms with Gasteiger partial charge in [-0.05, 0) is 47.0 Å². The predicted octanol–water partition coefficient (Wildman–Crippen LogP) is 3.52. The number of amides is 1. The van der Waals surface area contributed by atoms with E-state index in [9.17, 15) is 4.79 Å². The van der Waals surface area contributed by atoms with Crippen molar-refractivity contribution in [2.45, 2.75) is 26.7 Å². The van der Waals surface area contributed by atoms with Gasteiger partial charge >= 0.3 is 0 Å². The molecule has 0 unspecified atom stereocenters. The van der Waals surface area contributed by atoms with Crippen molar-refractivity contribution >= 4 is 28.0 Å². The van der Waals surface area contributed by atoms with Gasteiger partial charge in [0.05, 0.1) is 5.69 Å². The van der Waals surface area contributed by atoms with E-state index in [1.807, 2.05) is 25.1 Å². The lowest BCUT2D eigenvalue weighted by Gasteiger charge is -2.19. The van der Waals surface area contributed by atoms with Crippen LogP contribution in [-0.4, -0.2) is 13.0 Å². The Hall–Kier alpha value is -0.830. The van der Waals surface area contributed by atoms with Gasteiger partial charge in [0.25, 0.3) is 0 Å². The fourth-order valence-electron chi connectivity index (χ4n) is 1.40. The first kappa shape index (κ1) is 12.2. The van der Waals surface area contributed by atoms with E-state index in [1.54, 1.807) is 4.90 Å². The van der Waals surface area contributed by atoms with Gasteiger partial charge in [0.2, 0.25) is 6.41 Å². The number of hydrogen-bond donors (Lipinski definition) is 0. The molecule has 1 aromatic rings. The van der Waals surface area contributed by atoms with E-state index >= 15 is 0 Å². The molecule has 0 aromatic heterocycles. The minimum absolute atomic E-state index is 0.780. The SMILES string of the molecule is CCCCN(C=O)c1cc(C)ccc1Br. The van der Waals surface area contributed by atoms with E-state index in [4.69, 9.17) is 0 Å². The predicted molar refractivity (Wildman–Crippen MR) is 67.2 cm³/mol. The van der Waals surface area contributed by atoms with E-state index in [1.165, 1.54) is 0 Å². The Bertz CT molecular complexity index is 338. The number of rotatable bonds is 5. The molecule has 82 valence electrons. The van der Waals surface area contributed by atoms with Gasteiger partial charge in [-0.2, -0.15) is 0 Å².